The Morgan fingerprint density at radius 3 is 2.45 bits per heavy atom. The summed E-state index contributed by atoms with van der Waals surface area (Å²) < 4.78 is 18.6. The fraction of sp³-hybridized carbons (Fsp3) is 0.0625. The first-order valence-corrected chi connectivity index (χ1v) is 6.17. The number of nitrogens with zero attached hydrogens (tertiary/aromatic N) is 1. The number of methoxy groups -OCH3 is 1. The molecule has 0 unspecified atom stereocenters. The van der Waals surface area contributed by atoms with Gasteiger partial charge in [-0.2, -0.15) is 4.99 Å². The van der Waals surface area contributed by atoms with Crippen LogP contribution in [0.15, 0.2) is 47.5 Å². The van der Waals surface area contributed by atoms with Crippen molar-refractivity contribution >= 4 is 23.1 Å². The fourth-order valence-corrected chi connectivity index (χ4v) is 1.64. The molecule has 0 spiro atoms. The van der Waals surface area contributed by atoms with Crippen LogP contribution in [-0.4, -0.2) is 12.3 Å². The number of ether oxygens (including phenoxy) is 1. The van der Waals surface area contributed by atoms with Gasteiger partial charge in [0, 0.05) is 11.6 Å². The van der Waals surface area contributed by atoms with Crippen molar-refractivity contribution in [3.8, 4) is 17.6 Å². The molecular weight excluding hydrogens is 273 g/mol. The molecule has 0 atom stereocenters. The van der Waals surface area contributed by atoms with Crippen LogP contribution >= 0.6 is 12.2 Å². The molecular formula is C16H10FNOS. The molecule has 0 aliphatic rings. The molecule has 2 aromatic carbocycles. The summed E-state index contributed by atoms with van der Waals surface area (Å²) in [5.41, 5.74) is 1.80. The van der Waals surface area contributed by atoms with Crippen LogP contribution in [0.1, 0.15) is 11.1 Å². The van der Waals surface area contributed by atoms with E-state index in [1.54, 1.807) is 36.4 Å². The monoisotopic (exact) mass is 283 g/mol. The molecule has 0 bridgehead atoms. The predicted molar refractivity (Wildman–Crippen MR) is 80.1 cm³/mol. The van der Waals surface area contributed by atoms with E-state index >= 15 is 0 Å². The Kier molecular flexibility index (Phi) is 4.62. The molecule has 0 N–H and O–H groups in total. The number of thiocarbonyl (C=S) groups is 1. The molecule has 0 aliphatic carbocycles. The number of hydrogen-bond acceptors (Lipinski definition) is 3. The van der Waals surface area contributed by atoms with E-state index in [9.17, 15) is 4.39 Å². The van der Waals surface area contributed by atoms with Crippen LogP contribution in [0.25, 0.3) is 0 Å². The summed E-state index contributed by atoms with van der Waals surface area (Å²) in [4.78, 5) is 3.84. The smallest absolute Gasteiger partial charge is 0.142 e. The summed E-state index contributed by atoms with van der Waals surface area (Å²) in [5.74, 6) is 5.74. The van der Waals surface area contributed by atoms with Gasteiger partial charge in [0.15, 0.2) is 0 Å². The molecule has 0 fully saturated rings. The molecule has 98 valence electrons. The van der Waals surface area contributed by atoms with Gasteiger partial charge in [0.1, 0.15) is 11.6 Å². The normalized spacial score (nSPS) is 9.10. The first-order chi connectivity index (χ1) is 9.72. The zero-order valence-corrected chi connectivity index (χ0v) is 11.5. The van der Waals surface area contributed by atoms with Crippen LogP contribution < -0.4 is 4.74 Å². The Bertz CT molecular complexity index is 722. The highest BCUT2D eigenvalue weighted by Crippen LogP contribution is 2.16. The molecule has 0 saturated heterocycles. The van der Waals surface area contributed by atoms with Gasteiger partial charge in [0.25, 0.3) is 0 Å². The van der Waals surface area contributed by atoms with Crippen LogP contribution in [0.4, 0.5) is 10.1 Å². The van der Waals surface area contributed by atoms with Crippen molar-refractivity contribution in [2.24, 2.45) is 4.99 Å². The maximum Gasteiger partial charge on any atom is 0.142 e. The van der Waals surface area contributed by atoms with E-state index in [1.807, 2.05) is 0 Å². The molecule has 2 nitrogen and oxygen atoms in total. The highest BCUT2D eigenvalue weighted by molar-refractivity contribution is 7.78. The van der Waals surface area contributed by atoms with Gasteiger partial charge < -0.3 is 4.74 Å². The maximum atomic E-state index is 13.7. The zero-order chi connectivity index (χ0) is 14.4. The molecule has 0 saturated carbocycles. The summed E-state index contributed by atoms with van der Waals surface area (Å²) in [5, 5.41) is 2.29. The maximum absolute atomic E-state index is 13.7. The number of benzene rings is 2. The van der Waals surface area contributed by atoms with Crippen molar-refractivity contribution in [1.29, 1.82) is 0 Å². The Balaban J connectivity index is 2.24. The number of isothiocyanates is 1. The van der Waals surface area contributed by atoms with E-state index in [-0.39, 0.29) is 0 Å². The number of hydrogen-bond donors (Lipinski definition) is 0. The quantitative estimate of drug-likeness (QED) is 0.472. The largest absolute Gasteiger partial charge is 0.497 e. The third kappa shape index (κ3) is 3.52. The standard InChI is InChI=1S/C16H10FNOS/c1-19-15-9-6-13(16(17)10-15)5-2-12-3-7-14(8-4-12)18-11-20/h3-4,6-10H,1H3. The zero-order valence-electron chi connectivity index (χ0n) is 10.7. The molecule has 20 heavy (non-hydrogen) atoms. The van der Waals surface area contributed by atoms with Crippen LogP contribution in [0.3, 0.4) is 0 Å². The highest BCUT2D eigenvalue weighted by Gasteiger charge is 2.00. The number of rotatable bonds is 2. The number of aliphatic imine (C=N–C) groups is 1. The van der Waals surface area contributed by atoms with Gasteiger partial charge in [-0.15, -0.1) is 0 Å². The van der Waals surface area contributed by atoms with E-state index in [0.29, 0.717) is 17.0 Å². The first kappa shape index (κ1) is 14.0. The van der Waals surface area contributed by atoms with Gasteiger partial charge in [-0.25, -0.2) is 4.39 Å². The lowest BCUT2D eigenvalue weighted by Gasteiger charge is -2.00. The summed E-state index contributed by atoms with van der Waals surface area (Å²) in [6, 6.07) is 11.7. The van der Waals surface area contributed by atoms with E-state index in [1.165, 1.54) is 13.2 Å². The Hall–Kier alpha value is -2.47. The third-order valence-electron chi connectivity index (χ3n) is 2.56. The van der Waals surface area contributed by atoms with E-state index in [0.717, 1.165) is 5.56 Å². The van der Waals surface area contributed by atoms with Crippen molar-refractivity contribution in [1.82, 2.24) is 0 Å². The van der Waals surface area contributed by atoms with Gasteiger partial charge in [0.05, 0.1) is 23.5 Å². The van der Waals surface area contributed by atoms with Gasteiger partial charge in [-0.3, -0.25) is 0 Å². The fourth-order valence-electron chi connectivity index (χ4n) is 1.54. The molecule has 2 aromatic rings. The average Bonchev–Trinajstić information content (AvgIpc) is 2.48. The van der Waals surface area contributed by atoms with E-state index in [2.05, 4.69) is 34.2 Å². The predicted octanol–water partition coefficient (Wildman–Crippen LogP) is 3.97. The second-order valence-electron chi connectivity index (χ2n) is 3.85. The van der Waals surface area contributed by atoms with Crippen molar-refractivity contribution in [2.45, 2.75) is 0 Å². The second kappa shape index (κ2) is 6.63. The minimum Gasteiger partial charge on any atom is -0.497 e. The number of halogens is 1. The molecule has 4 heteroatoms. The summed E-state index contributed by atoms with van der Waals surface area (Å²) in [7, 11) is 1.49. The SMILES string of the molecule is COc1ccc(C#Cc2ccc(N=C=S)cc2)c(F)c1. The second-order valence-corrected chi connectivity index (χ2v) is 4.03. The molecule has 0 aliphatic heterocycles. The molecule has 0 amide bonds. The Morgan fingerprint density at radius 1 is 1.10 bits per heavy atom. The van der Waals surface area contributed by atoms with Gasteiger partial charge >= 0.3 is 0 Å². The van der Waals surface area contributed by atoms with Crippen molar-refractivity contribution in [3.63, 3.8) is 0 Å². The van der Waals surface area contributed by atoms with Crippen LogP contribution in [0.5, 0.6) is 5.75 Å². The summed E-state index contributed by atoms with van der Waals surface area (Å²) in [6.07, 6.45) is 0. The average molecular weight is 283 g/mol. The summed E-state index contributed by atoms with van der Waals surface area (Å²) in [6.45, 7) is 0. The Labute approximate surface area is 121 Å². The first-order valence-electron chi connectivity index (χ1n) is 5.76. The van der Waals surface area contributed by atoms with Crippen molar-refractivity contribution < 1.29 is 9.13 Å². The van der Waals surface area contributed by atoms with Crippen molar-refractivity contribution in [3.05, 3.63) is 59.4 Å². The van der Waals surface area contributed by atoms with Crippen LogP contribution in [0.2, 0.25) is 0 Å². The molecule has 0 aromatic heterocycles. The van der Waals surface area contributed by atoms with Crippen molar-refractivity contribution in [2.75, 3.05) is 7.11 Å². The van der Waals surface area contributed by atoms with E-state index in [4.69, 9.17) is 4.74 Å². The summed E-state index contributed by atoms with van der Waals surface area (Å²) >= 11 is 4.52. The lowest BCUT2D eigenvalue weighted by atomic mass is 10.1. The highest BCUT2D eigenvalue weighted by atomic mass is 32.1. The minimum atomic E-state index is -0.404. The third-order valence-corrected chi connectivity index (χ3v) is 2.65. The van der Waals surface area contributed by atoms with E-state index < -0.39 is 5.82 Å². The molecule has 0 radical (unpaired) electrons. The lowest BCUT2D eigenvalue weighted by Crippen LogP contribution is -1.87. The molecule has 0 heterocycles. The van der Waals surface area contributed by atoms with Crippen LogP contribution in [-0.2, 0) is 0 Å². The van der Waals surface area contributed by atoms with Gasteiger partial charge in [-0.1, -0.05) is 11.8 Å². The van der Waals surface area contributed by atoms with Gasteiger partial charge in [0.2, 0.25) is 0 Å². The molecule has 2 rings (SSSR count). The minimum absolute atomic E-state index is 0.326. The van der Waals surface area contributed by atoms with Gasteiger partial charge in [-0.05, 0) is 48.6 Å². The Morgan fingerprint density at radius 2 is 1.85 bits per heavy atom. The topological polar surface area (TPSA) is 21.6 Å². The lowest BCUT2D eigenvalue weighted by molar-refractivity contribution is 0.411. The van der Waals surface area contributed by atoms with Crippen LogP contribution in [0, 0.1) is 17.7 Å².